The Kier molecular flexibility index (Phi) is 3.48. The molecule has 4 heteroatoms. The molecular formula is C10H13NO3. The molecule has 0 fully saturated rings. The van der Waals surface area contributed by atoms with E-state index in [1.165, 1.54) is 13.2 Å². The molecule has 1 rings (SSSR count). The van der Waals surface area contributed by atoms with Gasteiger partial charge in [0.15, 0.2) is 17.3 Å². The van der Waals surface area contributed by atoms with E-state index in [0.717, 1.165) is 0 Å². The average Bonchev–Trinajstić information content (AvgIpc) is 2.17. The fraction of sp³-hybridized carbons (Fsp3) is 0.300. The van der Waals surface area contributed by atoms with E-state index in [-0.39, 0.29) is 23.8 Å². The molecular weight excluding hydrogens is 182 g/mol. The van der Waals surface area contributed by atoms with Crippen molar-refractivity contribution in [2.75, 3.05) is 20.7 Å². The molecule has 0 amide bonds. The molecule has 0 radical (unpaired) electrons. The van der Waals surface area contributed by atoms with Crippen LogP contribution in [0.2, 0.25) is 0 Å². The molecule has 1 aromatic carbocycles. The van der Waals surface area contributed by atoms with E-state index in [2.05, 4.69) is 5.32 Å². The van der Waals surface area contributed by atoms with Crippen molar-refractivity contribution >= 4 is 5.78 Å². The highest BCUT2D eigenvalue weighted by Crippen LogP contribution is 2.29. The number of benzene rings is 1. The Bertz CT molecular complexity index is 336. The largest absolute Gasteiger partial charge is 0.504 e. The zero-order valence-corrected chi connectivity index (χ0v) is 8.20. The Hall–Kier alpha value is -1.55. The van der Waals surface area contributed by atoms with Gasteiger partial charge in [-0.25, -0.2) is 0 Å². The highest BCUT2D eigenvalue weighted by molar-refractivity contribution is 6.00. The number of Topliss-reactive ketones (excluding diaryl/α,β-unsaturated/α-hetero) is 1. The summed E-state index contributed by atoms with van der Waals surface area (Å²) in [5.74, 6) is 0.0995. The smallest absolute Gasteiger partial charge is 0.180 e. The van der Waals surface area contributed by atoms with Gasteiger partial charge in [-0.15, -0.1) is 0 Å². The average molecular weight is 195 g/mol. The number of carbonyl (C=O) groups excluding carboxylic acids is 1. The van der Waals surface area contributed by atoms with Crippen molar-refractivity contribution in [1.29, 1.82) is 0 Å². The number of ether oxygens (including phenoxy) is 1. The van der Waals surface area contributed by atoms with Crippen LogP contribution in [0.1, 0.15) is 10.4 Å². The summed E-state index contributed by atoms with van der Waals surface area (Å²) in [6.07, 6.45) is 0. The van der Waals surface area contributed by atoms with Gasteiger partial charge in [-0.1, -0.05) is 6.07 Å². The molecule has 0 spiro atoms. The third kappa shape index (κ3) is 2.03. The van der Waals surface area contributed by atoms with Gasteiger partial charge in [0.25, 0.3) is 0 Å². The molecule has 0 aliphatic carbocycles. The van der Waals surface area contributed by atoms with Crippen molar-refractivity contribution in [2.24, 2.45) is 0 Å². The minimum Gasteiger partial charge on any atom is -0.504 e. The first-order chi connectivity index (χ1) is 6.70. The van der Waals surface area contributed by atoms with E-state index in [4.69, 9.17) is 4.74 Å². The summed E-state index contributed by atoms with van der Waals surface area (Å²) >= 11 is 0. The molecule has 0 aliphatic heterocycles. The Morgan fingerprint density at radius 2 is 2.29 bits per heavy atom. The predicted octanol–water partition coefficient (Wildman–Crippen LogP) is 0.803. The Balaban J connectivity index is 3.07. The van der Waals surface area contributed by atoms with Crippen molar-refractivity contribution in [3.05, 3.63) is 23.8 Å². The molecule has 0 saturated carbocycles. The van der Waals surface area contributed by atoms with Crippen LogP contribution in [0.3, 0.4) is 0 Å². The minimum absolute atomic E-state index is 0.0190. The van der Waals surface area contributed by atoms with E-state index < -0.39 is 0 Å². The topological polar surface area (TPSA) is 58.6 Å². The summed E-state index contributed by atoms with van der Waals surface area (Å²) in [5.41, 5.74) is 0.391. The summed E-state index contributed by atoms with van der Waals surface area (Å²) in [4.78, 5) is 11.5. The summed E-state index contributed by atoms with van der Waals surface area (Å²) in [7, 11) is 3.11. The van der Waals surface area contributed by atoms with Gasteiger partial charge in [0, 0.05) is 0 Å². The van der Waals surface area contributed by atoms with Crippen LogP contribution in [0.25, 0.3) is 0 Å². The number of ketones is 1. The highest BCUT2D eigenvalue weighted by Gasteiger charge is 2.13. The van der Waals surface area contributed by atoms with Crippen molar-refractivity contribution in [3.63, 3.8) is 0 Å². The van der Waals surface area contributed by atoms with Crippen LogP contribution in [0.15, 0.2) is 18.2 Å². The van der Waals surface area contributed by atoms with E-state index in [1.54, 1.807) is 19.2 Å². The number of phenols is 1. The number of hydrogen-bond acceptors (Lipinski definition) is 4. The number of methoxy groups -OCH3 is 1. The van der Waals surface area contributed by atoms with Crippen molar-refractivity contribution in [1.82, 2.24) is 5.32 Å². The molecule has 0 aliphatic rings. The minimum atomic E-state index is -0.111. The molecule has 0 bridgehead atoms. The Labute approximate surface area is 82.5 Å². The van der Waals surface area contributed by atoms with Crippen LogP contribution in [0.4, 0.5) is 0 Å². The van der Waals surface area contributed by atoms with Gasteiger partial charge in [-0.05, 0) is 19.2 Å². The molecule has 0 atom stereocenters. The van der Waals surface area contributed by atoms with E-state index in [1.807, 2.05) is 0 Å². The number of rotatable bonds is 4. The van der Waals surface area contributed by atoms with Gasteiger partial charge in [-0.2, -0.15) is 0 Å². The predicted molar refractivity (Wildman–Crippen MR) is 52.9 cm³/mol. The van der Waals surface area contributed by atoms with Crippen molar-refractivity contribution < 1.29 is 14.6 Å². The molecule has 0 aromatic heterocycles. The third-order valence-corrected chi connectivity index (χ3v) is 1.84. The monoisotopic (exact) mass is 195 g/mol. The van der Waals surface area contributed by atoms with Gasteiger partial charge in [0.1, 0.15) is 0 Å². The van der Waals surface area contributed by atoms with Gasteiger partial charge in [0.05, 0.1) is 19.2 Å². The number of para-hydroxylation sites is 1. The summed E-state index contributed by atoms with van der Waals surface area (Å²) in [5, 5.41) is 12.2. The number of aromatic hydroxyl groups is 1. The van der Waals surface area contributed by atoms with Crippen LogP contribution in [-0.2, 0) is 0 Å². The molecule has 14 heavy (non-hydrogen) atoms. The molecule has 4 nitrogen and oxygen atoms in total. The molecule has 1 aromatic rings. The third-order valence-electron chi connectivity index (χ3n) is 1.84. The van der Waals surface area contributed by atoms with Crippen molar-refractivity contribution in [2.45, 2.75) is 0 Å². The van der Waals surface area contributed by atoms with Crippen LogP contribution >= 0.6 is 0 Å². The molecule has 2 N–H and O–H groups in total. The maximum atomic E-state index is 11.5. The van der Waals surface area contributed by atoms with Crippen LogP contribution in [0.5, 0.6) is 11.5 Å². The summed E-state index contributed by atoms with van der Waals surface area (Å²) < 4.78 is 4.94. The lowest BCUT2D eigenvalue weighted by atomic mass is 10.1. The second-order valence-corrected chi connectivity index (χ2v) is 2.81. The van der Waals surface area contributed by atoms with E-state index in [9.17, 15) is 9.90 Å². The van der Waals surface area contributed by atoms with Gasteiger partial charge >= 0.3 is 0 Å². The van der Waals surface area contributed by atoms with Gasteiger partial charge < -0.3 is 15.2 Å². The number of phenolic OH excluding ortho intramolecular Hbond substituents is 1. The number of hydrogen-bond donors (Lipinski definition) is 2. The first-order valence-corrected chi connectivity index (χ1v) is 4.24. The molecule has 0 saturated heterocycles. The lowest BCUT2D eigenvalue weighted by Gasteiger charge is -2.08. The molecule has 76 valence electrons. The quantitative estimate of drug-likeness (QED) is 0.698. The maximum absolute atomic E-state index is 11.5. The highest BCUT2D eigenvalue weighted by atomic mass is 16.5. The Morgan fingerprint density at radius 1 is 1.57 bits per heavy atom. The summed E-state index contributed by atoms with van der Waals surface area (Å²) in [6.45, 7) is 0.222. The van der Waals surface area contributed by atoms with Crippen molar-refractivity contribution in [3.8, 4) is 11.5 Å². The van der Waals surface area contributed by atoms with Gasteiger partial charge in [0.2, 0.25) is 0 Å². The number of carbonyl (C=O) groups is 1. The number of nitrogens with one attached hydrogen (secondary N) is 1. The fourth-order valence-electron chi connectivity index (χ4n) is 1.21. The maximum Gasteiger partial charge on any atom is 0.180 e. The zero-order valence-electron chi connectivity index (χ0n) is 8.20. The normalized spacial score (nSPS) is 9.86. The Morgan fingerprint density at radius 3 is 2.86 bits per heavy atom. The molecule has 0 unspecified atom stereocenters. The van der Waals surface area contributed by atoms with Crippen LogP contribution in [0, 0.1) is 0 Å². The second kappa shape index (κ2) is 4.62. The zero-order chi connectivity index (χ0) is 10.6. The fourth-order valence-corrected chi connectivity index (χ4v) is 1.21. The lowest BCUT2D eigenvalue weighted by Crippen LogP contribution is -2.19. The van der Waals surface area contributed by atoms with Crippen LogP contribution in [-0.4, -0.2) is 31.6 Å². The number of likely N-dealkylation sites (N-methyl/N-ethyl adjacent to an activating group) is 1. The van der Waals surface area contributed by atoms with E-state index >= 15 is 0 Å². The molecule has 0 heterocycles. The lowest BCUT2D eigenvalue weighted by molar-refractivity contribution is 0.0990. The SMILES string of the molecule is CNCC(=O)c1cccc(O)c1OC. The summed E-state index contributed by atoms with van der Waals surface area (Å²) in [6, 6.07) is 4.72. The van der Waals surface area contributed by atoms with E-state index in [0.29, 0.717) is 5.56 Å². The first-order valence-electron chi connectivity index (χ1n) is 4.24. The standard InChI is InChI=1S/C10H13NO3/c1-11-6-9(13)7-4-3-5-8(12)10(7)14-2/h3-5,11-12H,6H2,1-2H3. The van der Waals surface area contributed by atoms with Crippen LogP contribution < -0.4 is 10.1 Å². The van der Waals surface area contributed by atoms with Gasteiger partial charge in [-0.3, -0.25) is 4.79 Å². The second-order valence-electron chi connectivity index (χ2n) is 2.81. The first kappa shape index (κ1) is 10.5.